The van der Waals surface area contributed by atoms with Crippen molar-refractivity contribution < 1.29 is 15.3 Å². The van der Waals surface area contributed by atoms with Gasteiger partial charge in [-0.25, -0.2) is 0 Å². The summed E-state index contributed by atoms with van der Waals surface area (Å²) < 4.78 is 0. The van der Waals surface area contributed by atoms with Crippen LogP contribution in [0.2, 0.25) is 0 Å². The Morgan fingerprint density at radius 3 is 2.00 bits per heavy atom. The third-order valence-electron chi connectivity index (χ3n) is 2.51. The smallest absolute Gasteiger partial charge is 0.0637 e. The highest BCUT2D eigenvalue weighted by atomic mass is 16.3. The normalized spacial score (nSPS) is 17.5. The lowest BCUT2D eigenvalue weighted by Gasteiger charge is -2.34. The highest BCUT2D eigenvalue weighted by Gasteiger charge is 2.33. The van der Waals surface area contributed by atoms with E-state index >= 15 is 0 Å². The van der Waals surface area contributed by atoms with Crippen LogP contribution in [0, 0.1) is 5.41 Å². The molecule has 0 rings (SSSR count). The van der Waals surface area contributed by atoms with Gasteiger partial charge in [-0.05, 0) is 12.8 Å². The summed E-state index contributed by atoms with van der Waals surface area (Å²) in [7, 11) is 0. The number of hydrogen-bond donors (Lipinski definition) is 3. The maximum atomic E-state index is 9.56. The van der Waals surface area contributed by atoms with Crippen LogP contribution in [0.25, 0.3) is 0 Å². The lowest BCUT2D eigenvalue weighted by Crippen LogP contribution is -2.40. The van der Waals surface area contributed by atoms with E-state index in [1.54, 1.807) is 0 Å². The summed E-state index contributed by atoms with van der Waals surface area (Å²) in [6.07, 6.45) is -0.212. The van der Waals surface area contributed by atoms with Crippen molar-refractivity contribution in [1.29, 1.82) is 0 Å². The van der Waals surface area contributed by atoms with Crippen LogP contribution in [0.4, 0.5) is 0 Å². The summed E-state index contributed by atoms with van der Waals surface area (Å²) in [5.41, 5.74) is -0.530. The Labute approximate surface area is 74.0 Å². The summed E-state index contributed by atoms with van der Waals surface area (Å²) in [6.45, 7) is 5.45. The first kappa shape index (κ1) is 11.9. The topological polar surface area (TPSA) is 60.7 Å². The van der Waals surface area contributed by atoms with Crippen LogP contribution in [-0.2, 0) is 0 Å². The molecule has 0 aromatic rings. The van der Waals surface area contributed by atoms with E-state index in [-0.39, 0.29) is 6.61 Å². The van der Waals surface area contributed by atoms with E-state index < -0.39 is 17.6 Å². The second-order valence-corrected chi connectivity index (χ2v) is 3.77. The van der Waals surface area contributed by atoms with Crippen molar-refractivity contribution >= 4 is 0 Å². The molecule has 3 nitrogen and oxygen atoms in total. The van der Waals surface area contributed by atoms with E-state index in [1.165, 1.54) is 0 Å². The molecule has 0 spiro atoms. The Morgan fingerprint density at radius 2 is 1.67 bits per heavy atom. The Hall–Kier alpha value is -0.120. The molecule has 2 atom stereocenters. The molecule has 0 amide bonds. The first-order chi connectivity index (χ1) is 5.46. The fraction of sp³-hybridized carbons (Fsp3) is 1.00. The lowest BCUT2D eigenvalue weighted by molar-refractivity contribution is -0.0567. The molecule has 3 N–H and O–H groups in total. The molecule has 0 radical (unpaired) electrons. The first-order valence-corrected chi connectivity index (χ1v) is 4.43. The predicted molar refractivity (Wildman–Crippen MR) is 47.8 cm³/mol. The molecule has 0 fully saturated rings. The molecule has 2 unspecified atom stereocenters. The summed E-state index contributed by atoms with van der Waals surface area (Å²) in [6, 6.07) is 0. The molecule has 0 bridgehead atoms. The van der Waals surface area contributed by atoms with E-state index in [0.29, 0.717) is 12.8 Å². The van der Waals surface area contributed by atoms with Crippen molar-refractivity contribution in [2.24, 2.45) is 5.41 Å². The Kier molecular flexibility index (Phi) is 4.75. The number of aliphatic hydroxyl groups is 3. The van der Waals surface area contributed by atoms with E-state index in [0.717, 1.165) is 0 Å². The standard InChI is InChI=1S/C9H20O3/c1-4-7(11)9(2,3)8(12)5-6-10/h7-8,10-12H,4-6H2,1-3H3. The number of hydrogen-bond acceptors (Lipinski definition) is 3. The van der Waals surface area contributed by atoms with Crippen molar-refractivity contribution in [3.63, 3.8) is 0 Å². The van der Waals surface area contributed by atoms with Crippen LogP contribution in [-0.4, -0.2) is 34.1 Å². The molecule has 0 aliphatic carbocycles. The Balaban J connectivity index is 4.16. The van der Waals surface area contributed by atoms with Crippen LogP contribution < -0.4 is 0 Å². The van der Waals surface area contributed by atoms with Gasteiger partial charge in [0.1, 0.15) is 0 Å². The van der Waals surface area contributed by atoms with Gasteiger partial charge in [0.25, 0.3) is 0 Å². The van der Waals surface area contributed by atoms with Crippen molar-refractivity contribution in [3.05, 3.63) is 0 Å². The van der Waals surface area contributed by atoms with Crippen LogP contribution in [0.1, 0.15) is 33.6 Å². The Bertz CT molecular complexity index is 123. The highest BCUT2D eigenvalue weighted by molar-refractivity contribution is 4.83. The van der Waals surface area contributed by atoms with Crippen molar-refractivity contribution in [2.45, 2.75) is 45.8 Å². The maximum Gasteiger partial charge on any atom is 0.0637 e. The summed E-state index contributed by atoms with van der Waals surface area (Å²) >= 11 is 0. The number of rotatable bonds is 5. The van der Waals surface area contributed by atoms with Gasteiger partial charge in [-0.3, -0.25) is 0 Å². The van der Waals surface area contributed by atoms with Gasteiger partial charge in [0.05, 0.1) is 12.2 Å². The zero-order valence-electron chi connectivity index (χ0n) is 8.12. The Morgan fingerprint density at radius 1 is 1.17 bits per heavy atom. The van der Waals surface area contributed by atoms with Gasteiger partial charge in [0, 0.05) is 12.0 Å². The third-order valence-corrected chi connectivity index (χ3v) is 2.51. The number of aliphatic hydroxyl groups excluding tert-OH is 3. The second kappa shape index (κ2) is 4.80. The van der Waals surface area contributed by atoms with Gasteiger partial charge < -0.3 is 15.3 Å². The molecule has 0 saturated carbocycles. The van der Waals surface area contributed by atoms with Gasteiger partial charge in [0.2, 0.25) is 0 Å². The second-order valence-electron chi connectivity index (χ2n) is 3.77. The minimum atomic E-state index is -0.641. The molecule has 12 heavy (non-hydrogen) atoms. The molecule has 0 aromatic carbocycles. The van der Waals surface area contributed by atoms with Crippen LogP contribution in [0.5, 0.6) is 0 Å². The minimum Gasteiger partial charge on any atom is -0.396 e. The minimum absolute atomic E-state index is 0.0406. The molecule has 0 aromatic heterocycles. The molecular formula is C9H20O3. The predicted octanol–water partition coefficient (Wildman–Crippen LogP) is 0.527. The monoisotopic (exact) mass is 176 g/mol. The van der Waals surface area contributed by atoms with Gasteiger partial charge in [-0.2, -0.15) is 0 Å². The third kappa shape index (κ3) is 2.73. The zero-order valence-corrected chi connectivity index (χ0v) is 8.12. The van der Waals surface area contributed by atoms with Gasteiger partial charge >= 0.3 is 0 Å². The van der Waals surface area contributed by atoms with Crippen molar-refractivity contribution in [1.82, 2.24) is 0 Å². The van der Waals surface area contributed by atoms with Gasteiger partial charge in [-0.1, -0.05) is 20.8 Å². The van der Waals surface area contributed by atoms with Crippen LogP contribution in [0.15, 0.2) is 0 Å². The van der Waals surface area contributed by atoms with E-state index in [2.05, 4.69) is 0 Å². The van der Waals surface area contributed by atoms with Gasteiger partial charge in [0.15, 0.2) is 0 Å². The molecule has 0 aliphatic rings. The average Bonchev–Trinajstić information content (AvgIpc) is 2.03. The van der Waals surface area contributed by atoms with Gasteiger partial charge in [-0.15, -0.1) is 0 Å². The molecular weight excluding hydrogens is 156 g/mol. The summed E-state index contributed by atoms with van der Waals surface area (Å²) in [5, 5.41) is 27.7. The largest absolute Gasteiger partial charge is 0.396 e. The quantitative estimate of drug-likeness (QED) is 0.572. The summed E-state index contributed by atoms with van der Waals surface area (Å²) in [4.78, 5) is 0. The maximum absolute atomic E-state index is 9.56. The zero-order chi connectivity index (χ0) is 9.78. The van der Waals surface area contributed by atoms with E-state index in [4.69, 9.17) is 5.11 Å². The van der Waals surface area contributed by atoms with E-state index in [9.17, 15) is 10.2 Å². The molecule has 74 valence electrons. The average molecular weight is 176 g/mol. The molecule has 0 aliphatic heterocycles. The fourth-order valence-electron chi connectivity index (χ4n) is 1.24. The summed E-state index contributed by atoms with van der Waals surface area (Å²) in [5.74, 6) is 0. The van der Waals surface area contributed by atoms with Crippen molar-refractivity contribution in [2.75, 3.05) is 6.61 Å². The SMILES string of the molecule is CCC(O)C(C)(C)C(O)CCO. The molecule has 0 heterocycles. The van der Waals surface area contributed by atoms with Crippen LogP contribution >= 0.6 is 0 Å². The highest BCUT2D eigenvalue weighted by Crippen LogP contribution is 2.28. The molecule has 0 saturated heterocycles. The first-order valence-electron chi connectivity index (χ1n) is 4.43. The fourth-order valence-corrected chi connectivity index (χ4v) is 1.24. The van der Waals surface area contributed by atoms with Crippen LogP contribution in [0.3, 0.4) is 0 Å². The molecule has 3 heteroatoms. The van der Waals surface area contributed by atoms with Crippen molar-refractivity contribution in [3.8, 4) is 0 Å². The lowest BCUT2D eigenvalue weighted by atomic mass is 9.78. The van der Waals surface area contributed by atoms with E-state index in [1.807, 2.05) is 20.8 Å².